The first-order chi connectivity index (χ1) is 10.2. The highest BCUT2D eigenvalue weighted by atomic mass is 35.5. The molecule has 0 radical (unpaired) electrons. The number of halogens is 1. The third-order valence-electron chi connectivity index (χ3n) is 3.77. The van der Waals surface area contributed by atoms with Crippen LogP contribution >= 0.6 is 12.4 Å². The maximum absolute atomic E-state index is 12.1. The van der Waals surface area contributed by atoms with Gasteiger partial charge in [0.2, 0.25) is 5.91 Å². The third-order valence-corrected chi connectivity index (χ3v) is 3.77. The zero-order chi connectivity index (χ0) is 14.7. The predicted molar refractivity (Wildman–Crippen MR) is 86.1 cm³/mol. The summed E-state index contributed by atoms with van der Waals surface area (Å²) in [5.74, 6) is 0.151. The van der Waals surface area contributed by atoms with E-state index in [0.29, 0.717) is 0 Å². The minimum absolute atomic E-state index is 0. The number of hydrogen-bond donors (Lipinski definition) is 2. The third kappa shape index (κ3) is 3.64. The molecule has 1 saturated heterocycles. The van der Waals surface area contributed by atoms with Crippen molar-refractivity contribution in [3.8, 4) is 5.69 Å². The Bertz CT molecular complexity index is 609. The Morgan fingerprint density at radius 2 is 2.18 bits per heavy atom. The Balaban J connectivity index is 0.00000176. The number of nitrogens with one attached hydrogen (secondary N) is 2. The monoisotopic (exact) mass is 321 g/mol. The van der Waals surface area contributed by atoms with Gasteiger partial charge in [-0.2, -0.15) is 0 Å². The number of para-hydroxylation sites is 1. The second kappa shape index (κ2) is 7.38. The van der Waals surface area contributed by atoms with Crippen LogP contribution in [-0.2, 0) is 4.79 Å². The second-order valence-corrected chi connectivity index (χ2v) is 5.34. The van der Waals surface area contributed by atoms with Gasteiger partial charge in [0.25, 0.3) is 0 Å². The van der Waals surface area contributed by atoms with Gasteiger partial charge in [0.1, 0.15) is 5.69 Å². The molecule has 0 bridgehead atoms. The van der Waals surface area contributed by atoms with Crippen molar-refractivity contribution in [2.45, 2.75) is 19.4 Å². The number of benzene rings is 1. The lowest BCUT2D eigenvalue weighted by Gasteiger charge is -2.14. The minimum atomic E-state index is -0.143. The van der Waals surface area contributed by atoms with E-state index < -0.39 is 0 Å². The molecule has 0 aliphatic carbocycles. The average molecular weight is 322 g/mol. The van der Waals surface area contributed by atoms with Crippen molar-refractivity contribution in [3.05, 3.63) is 42.2 Å². The van der Waals surface area contributed by atoms with E-state index in [-0.39, 0.29) is 30.3 Å². The molecule has 1 aromatic heterocycles. The number of nitrogens with zero attached hydrogens (tertiary/aromatic N) is 3. The molecule has 2 unspecified atom stereocenters. The molecule has 1 aliphatic rings. The van der Waals surface area contributed by atoms with E-state index in [1.165, 1.54) is 0 Å². The summed E-state index contributed by atoms with van der Waals surface area (Å²) in [6.45, 7) is 3.60. The standard InChI is InChI=1S/C15H19N5O.ClH/c1-11(17-15(21)12-7-8-16-9-12)14-10-20(19-18-14)13-5-3-2-4-6-13;/h2-6,10-12,16H,7-9H2,1H3,(H,17,21);1H. The Labute approximate surface area is 135 Å². The normalized spacial score (nSPS) is 18.5. The Kier molecular flexibility index (Phi) is 5.51. The number of aromatic nitrogens is 3. The van der Waals surface area contributed by atoms with Crippen molar-refractivity contribution >= 4 is 18.3 Å². The maximum atomic E-state index is 12.1. The molecule has 1 aromatic carbocycles. The molecule has 0 spiro atoms. The average Bonchev–Trinajstić information content (AvgIpc) is 3.20. The van der Waals surface area contributed by atoms with Crippen LogP contribution in [0.3, 0.4) is 0 Å². The number of carbonyl (C=O) groups excluding carboxylic acids is 1. The lowest BCUT2D eigenvalue weighted by Crippen LogP contribution is -2.34. The molecular formula is C15H20ClN5O. The summed E-state index contributed by atoms with van der Waals surface area (Å²) >= 11 is 0. The van der Waals surface area contributed by atoms with E-state index in [2.05, 4.69) is 20.9 Å². The van der Waals surface area contributed by atoms with Crippen molar-refractivity contribution < 1.29 is 4.79 Å². The molecular weight excluding hydrogens is 302 g/mol. The van der Waals surface area contributed by atoms with Crippen LogP contribution in [0.25, 0.3) is 5.69 Å². The topological polar surface area (TPSA) is 71.8 Å². The van der Waals surface area contributed by atoms with Gasteiger partial charge in [0.15, 0.2) is 0 Å². The number of hydrogen-bond acceptors (Lipinski definition) is 4. The predicted octanol–water partition coefficient (Wildman–Crippen LogP) is 1.48. The molecule has 0 saturated carbocycles. The number of amides is 1. The molecule has 6 nitrogen and oxygen atoms in total. The highest BCUT2D eigenvalue weighted by molar-refractivity contribution is 5.85. The van der Waals surface area contributed by atoms with Crippen LogP contribution < -0.4 is 10.6 Å². The van der Waals surface area contributed by atoms with Crippen LogP contribution in [0.1, 0.15) is 25.1 Å². The first-order valence-corrected chi connectivity index (χ1v) is 7.23. The summed E-state index contributed by atoms with van der Waals surface area (Å²) in [6.07, 6.45) is 2.75. The van der Waals surface area contributed by atoms with E-state index in [1.54, 1.807) is 4.68 Å². The summed E-state index contributed by atoms with van der Waals surface area (Å²) in [7, 11) is 0. The molecule has 3 rings (SSSR count). The highest BCUT2D eigenvalue weighted by Crippen LogP contribution is 2.14. The van der Waals surface area contributed by atoms with Gasteiger partial charge in [-0.25, -0.2) is 4.68 Å². The Morgan fingerprint density at radius 3 is 2.86 bits per heavy atom. The van der Waals surface area contributed by atoms with Crippen LogP contribution in [0, 0.1) is 5.92 Å². The minimum Gasteiger partial charge on any atom is -0.348 e. The van der Waals surface area contributed by atoms with Gasteiger partial charge >= 0.3 is 0 Å². The number of rotatable bonds is 4. The molecule has 2 atom stereocenters. The summed E-state index contributed by atoms with van der Waals surface area (Å²) in [5.41, 5.74) is 1.72. The van der Waals surface area contributed by atoms with Crippen molar-refractivity contribution in [1.82, 2.24) is 25.6 Å². The van der Waals surface area contributed by atoms with Gasteiger partial charge in [-0.15, -0.1) is 17.5 Å². The van der Waals surface area contributed by atoms with Crippen LogP contribution in [0.2, 0.25) is 0 Å². The largest absolute Gasteiger partial charge is 0.348 e. The molecule has 2 heterocycles. The van der Waals surface area contributed by atoms with Gasteiger partial charge in [-0.1, -0.05) is 23.4 Å². The molecule has 22 heavy (non-hydrogen) atoms. The second-order valence-electron chi connectivity index (χ2n) is 5.34. The molecule has 7 heteroatoms. The van der Waals surface area contributed by atoms with Gasteiger partial charge < -0.3 is 10.6 Å². The van der Waals surface area contributed by atoms with E-state index in [9.17, 15) is 4.79 Å². The molecule has 1 fully saturated rings. The summed E-state index contributed by atoms with van der Waals surface area (Å²) in [5, 5.41) is 14.5. The van der Waals surface area contributed by atoms with Crippen LogP contribution in [0.5, 0.6) is 0 Å². The quantitative estimate of drug-likeness (QED) is 0.894. The smallest absolute Gasteiger partial charge is 0.224 e. The first-order valence-electron chi connectivity index (χ1n) is 7.23. The van der Waals surface area contributed by atoms with Crippen LogP contribution in [-0.4, -0.2) is 34.0 Å². The fourth-order valence-corrected chi connectivity index (χ4v) is 2.47. The Hall–Kier alpha value is -1.92. The van der Waals surface area contributed by atoms with Crippen molar-refractivity contribution in [2.24, 2.45) is 5.92 Å². The zero-order valence-corrected chi connectivity index (χ0v) is 13.2. The van der Waals surface area contributed by atoms with Gasteiger partial charge in [-0.05, 0) is 32.0 Å². The van der Waals surface area contributed by atoms with E-state index in [1.807, 2.05) is 43.5 Å². The maximum Gasteiger partial charge on any atom is 0.224 e. The zero-order valence-electron chi connectivity index (χ0n) is 12.4. The van der Waals surface area contributed by atoms with Gasteiger partial charge in [-0.3, -0.25) is 4.79 Å². The SMILES string of the molecule is CC(NC(=O)C1CCNC1)c1cn(-c2ccccc2)nn1.Cl. The van der Waals surface area contributed by atoms with Crippen LogP contribution in [0.4, 0.5) is 0 Å². The summed E-state index contributed by atoms with van der Waals surface area (Å²) in [4.78, 5) is 12.1. The van der Waals surface area contributed by atoms with Crippen molar-refractivity contribution in [2.75, 3.05) is 13.1 Å². The molecule has 2 aromatic rings. The molecule has 1 aliphatic heterocycles. The fourth-order valence-electron chi connectivity index (χ4n) is 2.47. The van der Waals surface area contributed by atoms with Gasteiger partial charge in [0.05, 0.1) is 23.8 Å². The molecule has 2 N–H and O–H groups in total. The van der Waals surface area contributed by atoms with E-state index in [0.717, 1.165) is 30.9 Å². The van der Waals surface area contributed by atoms with E-state index >= 15 is 0 Å². The van der Waals surface area contributed by atoms with Crippen molar-refractivity contribution in [3.63, 3.8) is 0 Å². The highest BCUT2D eigenvalue weighted by Gasteiger charge is 2.24. The number of carbonyl (C=O) groups is 1. The first kappa shape index (κ1) is 16.5. The summed E-state index contributed by atoms with van der Waals surface area (Å²) < 4.78 is 1.72. The van der Waals surface area contributed by atoms with E-state index in [4.69, 9.17) is 0 Å². The fraction of sp³-hybridized carbons (Fsp3) is 0.400. The molecule has 1 amide bonds. The lowest BCUT2D eigenvalue weighted by molar-refractivity contribution is -0.125. The van der Waals surface area contributed by atoms with Crippen molar-refractivity contribution in [1.29, 1.82) is 0 Å². The summed E-state index contributed by atoms with van der Waals surface area (Å²) in [6, 6.07) is 9.65. The van der Waals surface area contributed by atoms with Crippen LogP contribution in [0.15, 0.2) is 36.5 Å². The Morgan fingerprint density at radius 1 is 1.41 bits per heavy atom. The van der Waals surface area contributed by atoms with Gasteiger partial charge in [0, 0.05) is 6.54 Å². The molecule has 118 valence electrons. The lowest BCUT2D eigenvalue weighted by atomic mass is 10.1.